The smallest absolute Gasteiger partial charge is 0.151 e. The number of hydrogen-bond donors (Lipinski definition) is 2. The Labute approximate surface area is 326 Å². The molecule has 2 heterocycles. The van der Waals surface area contributed by atoms with Crippen molar-refractivity contribution in [1.82, 2.24) is 0 Å². The van der Waals surface area contributed by atoms with Gasteiger partial charge in [0.2, 0.25) is 0 Å². The first-order valence-electron chi connectivity index (χ1n) is 18.4. The number of nitrogens with one attached hydrogen (secondary N) is 2. The van der Waals surface area contributed by atoms with Gasteiger partial charge in [-0.3, -0.25) is 5.41 Å². The molecule has 2 N–H and O–H groups in total. The molecule has 272 valence electrons. The molecule has 7 aromatic carbocycles. The molecule has 0 fully saturated rings. The quantitative estimate of drug-likeness (QED) is 0.132. The summed E-state index contributed by atoms with van der Waals surface area (Å²) < 4.78 is 12.4. The van der Waals surface area contributed by atoms with Gasteiger partial charge in [0, 0.05) is 38.9 Å². The Balaban J connectivity index is 0.000000179. The Hall–Kier alpha value is -7.37. The van der Waals surface area contributed by atoms with Crippen LogP contribution >= 0.6 is 0 Å². The number of hydrogen-bond acceptors (Lipinski definition) is 4. The van der Waals surface area contributed by atoms with Crippen LogP contribution in [0.4, 0.5) is 0 Å². The van der Waals surface area contributed by atoms with Gasteiger partial charge in [0.25, 0.3) is 0 Å². The second kappa shape index (κ2) is 16.8. The van der Waals surface area contributed by atoms with Gasteiger partial charge in [-0.05, 0) is 90.3 Å². The number of nitrogens with zero attached hydrogens (tertiary/aromatic N) is 1. The van der Waals surface area contributed by atoms with Crippen LogP contribution in [0.2, 0.25) is 0 Å². The second-order valence-electron chi connectivity index (χ2n) is 13.2. The van der Waals surface area contributed by atoms with Gasteiger partial charge in [-0.1, -0.05) is 146 Å². The van der Waals surface area contributed by atoms with E-state index in [4.69, 9.17) is 19.7 Å². The topological polar surface area (TPSA) is 86.3 Å². The van der Waals surface area contributed by atoms with Crippen LogP contribution in [0.25, 0.3) is 78.3 Å². The lowest BCUT2D eigenvalue weighted by atomic mass is 9.96. The van der Waals surface area contributed by atoms with E-state index >= 15 is 0 Å². The predicted molar refractivity (Wildman–Crippen MR) is 239 cm³/mol. The van der Waals surface area contributed by atoms with Crippen LogP contribution in [-0.2, 0) is 0 Å². The normalized spacial score (nSPS) is 10.9. The first-order chi connectivity index (χ1) is 27.4. The minimum Gasteiger partial charge on any atom is -0.456 e. The molecule has 5 nitrogen and oxygen atoms in total. The van der Waals surface area contributed by atoms with Crippen LogP contribution in [0, 0.1) is 17.7 Å². The maximum Gasteiger partial charge on any atom is 0.151 e. The van der Waals surface area contributed by atoms with E-state index in [0.29, 0.717) is 0 Å². The van der Waals surface area contributed by atoms with Gasteiger partial charge in [-0.15, -0.1) is 0 Å². The highest BCUT2D eigenvalue weighted by Crippen LogP contribution is 2.40. The zero-order chi connectivity index (χ0) is 39.0. The van der Waals surface area contributed by atoms with E-state index in [2.05, 4.69) is 110 Å². The lowest BCUT2D eigenvalue weighted by Gasteiger charge is -2.05. The van der Waals surface area contributed by atoms with Crippen molar-refractivity contribution in [2.45, 2.75) is 13.8 Å². The van der Waals surface area contributed by atoms with Crippen LogP contribution in [0.5, 0.6) is 0 Å². The summed E-state index contributed by atoms with van der Waals surface area (Å²) in [7, 11) is 0. The molecule has 2 aromatic heterocycles. The molecule has 0 unspecified atom stereocenters. The van der Waals surface area contributed by atoms with Gasteiger partial charge in [-0.25, -0.2) is 4.99 Å². The Kier molecular flexibility index (Phi) is 11.1. The van der Waals surface area contributed by atoms with E-state index in [9.17, 15) is 0 Å². The fourth-order valence-corrected chi connectivity index (χ4v) is 6.91. The summed E-state index contributed by atoms with van der Waals surface area (Å²) in [6.07, 6.45) is 7.42. The minimum atomic E-state index is 0.223. The van der Waals surface area contributed by atoms with Gasteiger partial charge in [0.15, 0.2) is 5.84 Å². The third-order valence-corrected chi connectivity index (χ3v) is 9.61. The molecule has 9 rings (SSSR count). The van der Waals surface area contributed by atoms with Crippen LogP contribution in [-0.4, -0.2) is 18.8 Å². The summed E-state index contributed by atoms with van der Waals surface area (Å²) in [4.78, 5) is 3.49. The molecule has 0 spiro atoms. The monoisotopic (exact) mass is 727 g/mol. The van der Waals surface area contributed by atoms with Crippen molar-refractivity contribution < 1.29 is 8.83 Å². The van der Waals surface area contributed by atoms with Gasteiger partial charge in [-0.2, -0.15) is 0 Å². The third kappa shape index (κ3) is 7.65. The average molecular weight is 728 g/mol. The summed E-state index contributed by atoms with van der Waals surface area (Å²) in [6.45, 7) is 11.2. The first-order valence-corrected chi connectivity index (χ1v) is 18.4. The van der Waals surface area contributed by atoms with E-state index in [-0.39, 0.29) is 5.84 Å². The fourth-order valence-electron chi connectivity index (χ4n) is 6.91. The summed E-state index contributed by atoms with van der Waals surface area (Å²) in [5.41, 5.74) is 13.3. The number of allylic oxidation sites excluding steroid dienone is 1. The van der Waals surface area contributed by atoms with Crippen molar-refractivity contribution in [2.24, 2.45) is 4.99 Å². The van der Waals surface area contributed by atoms with Crippen molar-refractivity contribution >= 4 is 74.8 Å². The number of aryl methyl sites for hydroxylation is 1. The maximum absolute atomic E-state index is 7.84. The Morgan fingerprint density at radius 3 is 2.00 bits per heavy atom. The van der Waals surface area contributed by atoms with Gasteiger partial charge < -0.3 is 14.2 Å². The molecule has 56 heavy (non-hydrogen) atoms. The summed E-state index contributed by atoms with van der Waals surface area (Å²) in [6, 6.07) is 50.8. The summed E-state index contributed by atoms with van der Waals surface area (Å²) in [5.74, 6) is 0.223. The zero-order valence-corrected chi connectivity index (χ0v) is 31.4. The highest BCUT2D eigenvalue weighted by atomic mass is 16.3. The molecule has 0 radical (unpaired) electrons. The molecule has 0 saturated carbocycles. The molecule has 5 heteroatoms. The number of amidine groups is 1. The van der Waals surface area contributed by atoms with E-state index in [1.807, 2.05) is 91.9 Å². The van der Waals surface area contributed by atoms with Crippen LogP contribution in [0.3, 0.4) is 0 Å². The van der Waals surface area contributed by atoms with Crippen molar-refractivity contribution in [1.29, 1.82) is 10.8 Å². The first kappa shape index (κ1) is 37.0. The highest BCUT2D eigenvalue weighted by Gasteiger charge is 2.16. The largest absolute Gasteiger partial charge is 0.456 e. The molecular formula is C51H41N3O2. The average Bonchev–Trinajstić information content (AvgIpc) is 3.82. The van der Waals surface area contributed by atoms with Crippen molar-refractivity contribution in [3.8, 4) is 22.3 Å². The van der Waals surface area contributed by atoms with Crippen molar-refractivity contribution in [2.75, 3.05) is 0 Å². The predicted octanol–water partition coefficient (Wildman–Crippen LogP) is 14.2. The molecule has 0 amide bonds. The van der Waals surface area contributed by atoms with Crippen LogP contribution in [0.1, 0.15) is 34.7 Å². The molecule has 9 aromatic rings. The summed E-state index contributed by atoms with van der Waals surface area (Å²) in [5, 5.41) is 19.3. The zero-order valence-electron chi connectivity index (χ0n) is 31.4. The number of furan rings is 2. The van der Waals surface area contributed by atoms with E-state index in [1.54, 1.807) is 0 Å². The second-order valence-corrected chi connectivity index (χ2v) is 13.2. The Morgan fingerprint density at radius 1 is 0.589 bits per heavy atom. The molecule has 0 aliphatic carbocycles. The molecule has 0 aliphatic rings. The third-order valence-electron chi connectivity index (χ3n) is 9.61. The lowest BCUT2D eigenvalue weighted by molar-refractivity contribution is 0.669. The fraction of sp³-hybridized carbons (Fsp3) is 0.0392. The number of aliphatic imine (C=N–C) groups is 1. The molecule has 0 aliphatic heterocycles. The Morgan fingerprint density at radius 2 is 1.29 bits per heavy atom. The van der Waals surface area contributed by atoms with Crippen molar-refractivity contribution in [3.05, 3.63) is 192 Å². The Bertz CT molecular complexity index is 2900. The number of fused-ring (bicyclic) bond motifs is 6. The molecular weight excluding hydrogens is 687 g/mol. The lowest BCUT2D eigenvalue weighted by Crippen LogP contribution is -1.91. The van der Waals surface area contributed by atoms with Gasteiger partial charge >= 0.3 is 0 Å². The van der Waals surface area contributed by atoms with Crippen LogP contribution < -0.4 is 0 Å². The van der Waals surface area contributed by atoms with Crippen LogP contribution in [0.15, 0.2) is 178 Å². The minimum absolute atomic E-state index is 0.223. The van der Waals surface area contributed by atoms with E-state index < -0.39 is 0 Å². The SMILES string of the molecule is C=Cc1ccc(C)cc1/C=C\C.C=NC(=N)c1ccccc1.N=Cc1cccc2oc3ccc(-c4cccc5oc6cc(-c7ccccc7)ccc6c45)cc3c12. The van der Waals surface area contributed by atoms with E-state index in [0.717, 1.165) is 71.7 Å². The highest BCUT2D eigenvalue weighted by molar-refractivity contribution is 6.16. The number of rotatable bonds is 6. The molecule has 0 saturated heterocycles. The molecule has 0 atom stereocenters. The molecule has 0 bridgehead atoms. The van der Waals surface area contributed by atoms with Crippen molar-refractivity contribution in [3.63, 3.8) is 0 Å². The number of benzene rings is 7. The maximum atomic E-state index is 7.84. The summed E-state index contributed by atoms with van der Waals surface area (Å²) >= 11 is 0. The van der Waals surface area contributed by atoms with Gasteiger partial charge in [0.05, 0.1) is 0 Å². The van der Waals surface area contributed by atoms with E-state index in [1.165, 1.54) is 28.5 Å². The van der Waals surface area contributed by atoms with Gasteiger partial charge in [0.1, 0.15) is 22.3 Å². The standard InChI is InChI=1S/C31H19NO2.C12H14.C8H8N2/c32-18-22-8-4-10-27-30(22)25-16-21(13-15-26(25)33-27)23-9-5-11-28-31(23)24-14-12-20(17-29(24)34-28)19-6-2-1-3-7-19;1-4-6-12-9-10(3)7-8-11(12)5-2;1-10-8(9)7-5-3-2-4-6-7/h1-18,32H;4-9H,2H2,1,3H3;2-6,9H,1H2/b;6-4-;.